The van der Waals surface area contributed by atoms with Crippen LogP contribution in [0.15, 0.2) is 36.5 Å². The quantitative estimate of drug-likeness (QED) is 0.780. The monoisotopic (exact) mass is 413 g/mol. The number of carbonyl (C=O) groups excluding carboxylic acids is 1. The zero-order valence-electron chi connectivity index (χ0n) is 18.8. The largest absolute Gasteiger partial charge is 0.493 e. The van der Waals surface area contributed by atoms with Crippen molar-refractivity contribution in [2.45, 2.75) is 58.3 Å². The number of nitrogens with zero attached hydrogens (tertiary/aromatic N) is 2. The van der Waals surface area contributed by atoms with E-state index in [4.69, 9.17) is 14.2 Å². The van der Waals surface area contributed by atoms with E-state index in [0.29, 0.717) is 18.0 Å². The molecule has 1 atom stereocenters. The summed E-state index contributed by atoms with van der Waals surface area (Å²) >= 11 is 0. The SMILES string of the molecule is COc1ccnc(CNC2c3ccccc3N(C(=O)OC(C)(C)C)C2(C)C)c1OC. The average molecular weight is 414 g/mol. The van der Waals surface area contributed by atoms with Gasteiger partial charge in [-0.05, 0) is 46.2 Å². The second-order valence-electron chi connectivity index (χ2n) is 8.84. The summed E-state index contributed by atoms with van der Waals surface area (Å²) in [5, 5.41) is 3.57. The normalized spacial score (nSPS) is 17.4. The molecule has 1 aromatic heterocycles. The number of fused-ring (bicyclic) bond motifs is 1. The number of hydrogen-bond donors (Lipinski definition) is 1. The Hall–Kier alpha value is -2.80. The number of aromatic nitrogens is 1. The molecule has 7 heteroatoms. The fourth-order valence-electron chi connectivity index (χ4n) is 3.93. The molecule has 1 aliphatic heterocycles. The van der Waals surface area contributed by atoms with E-state index in [-0.39, 0.29) is 12.1 Å². The van der Waals surface area contributed by atoms with Gasteiger partial charge in [0, 0.05) is 18.8 Å². The van der Waals surface area contributed by atoms with Crippen molar-refractivity contribution >= 4 is 11.8 Å². The lowest BCUT2D eigenvalue weighted by molar-refractivity contribution is 0.0541. The van der Waals surface area contributed by atoms with Crippen LogP contribution in [-0.4, -0.2) is 36.4 Å². The minimum Gasteiger partial charge on any atom is -0.493 e. The smallest absolute Gasteiger partial charge is 0.415 e. The van der Waals surface area contributed by atoms with Gasteiger partial charge in [-0.1, -0.05) is 18.2 Å². The Kier molecular flexibility index (Phi) is 5.94. The molecular formula is C23H31N3O4. The number of nitrogens with one attached hydrogen (secondary N) is 1. The van der Waals surface area contributed by atoms with Crippen molar-refractivity contribution in [3.05, 3.63) is 47.8 Å². The van der Waals surface area contributed by atoms with Crippen LogP contribution in [-0.2, 0) is 11.3 Å². The first-order valence-electron chi connectivity index (χ1n) is 10.0. The van der Waals surface area contributed by atoms with Crippen LogP contribution in [0.5, 0.6) is 11.5 Å². The van der Waals surface area contributed by atoms with Crippen LogP contribution in [0.1, 0.15) is 51.9 Å². The molecule has 1 amide bonds. The van der Waals surface area contributed by atoms with Crippen LogP contribution in [0.3, 0.4) is 0 Å². The van der Waals surface area contributed by atoms with Crippen molar-refractivity contribution in [2.75, 3.05) is 19.1 Å². The Bertz CT molecular complexity index is 921. The Morgan fingerprint density at radius 1 is 1.17 bits per heavy atom. The third-order valence-corrected chi connectivity index (χ3v) is 5.19. The molecule has 1 aromatic carbocycles. The number of hydrogen-bond acceptors (Lipinski definition) is 6. The maximum Gasteiger partial charge on any atom is 0.415 e. The summed E-state index contributed by atoms with van der Waals surface area (Å²) in [4.78, 5) is 19.3. The molecule has 1 N–H and O–H groups in total. The number of anilines is 1. The Morgan fingerprint density at radius 2 is 1.87 bits per heavy atom. The lowest BCUT2D eigenvalue weighted by atomic mass is 9.92. The number of amides is 1. The number of benzene rings is 1. The first-order chi connectivity index (χ1) is 14.1. The van der Waals surface area contributed by atoms with Gasteiger partial charge in [-0.2, -0.15) is 0 Å². The van der Waals surface area contributed by atoms with Crippen molar-refractivity contribution in [1.29, 1.82) is 0 Å². The molecule has 0 saturated carbocycles. The molecule has 0 fully saturated rings. The Balaban J connectivity index is 1.92. The van der Waals surface area contributed by atoms with Crippen molar-refractivity contribution < 1.29 is 19.0 Å². The van der Waals surface area contributed by atoms with E-state index < -0.39 is 11.1 Å². The van der Waals surface area contributed by atoms with E-state index in [9.17, 15) is 4.79 Å². The number of methoxy groups -OCH3 is 2. The zero-order chi connectivity index (χ0) is 22.1. The van der Waals surface area contributed by atoms with Gasteiger partial charge >= 0.3 is 6.09 Å². The second-order valence-corrected chi connectivity index (χ2v) is 8.84. The summed E-state index contributed by atoms with van der Waals surface area (Å²) in [6.07, 6.45) is 1.33. The van der Waals surface area contributed by atoms with Crippen LogP contribution in [0.2, 0.25) is 0 Å². The van der Waals surface area contributed by atoms with E-state index in [1.165, 1.54) is 0 Å². The van der Waals surface area contributed by atoms with E-state index in [2.05, 4.69) is 10.3 Å². The highest BCUT2D eigenvalue weighted by Gasteiger charge is 2.49. The van der Waals surface area contributed by atoms with Gasteiger partial charge in [-0.15, -0.1) is 0 Å². The summed E-state index contributed by atoms with van der Waals surface area (Å²) < 4.78 is 16.6. The van der Waals surface area contributed by atoms with Gasteiger partial charge in [0.05, 0.1) is 37.2 Å². The summed E-state index contributed by atoms with van der Waals surface area (Å²) in [7, 11) is 3.20. The van der Waals surface area contributed by atoms with Gasteiger partial charge in [-0.25, -0.2) is 4.79 Å². The summed E-state index contributed by atoms with van der Waals surface area (Å²) in [6.45, 7) is 10.1. The topological polar surface area (TPSA) is 72.9 Å². The predicted octanol–water partition coefficient (Wildman–Crippen LogP) is 4.46. The molecule has 0 spiro atoms. The van der Waals surface area contributed by atoms with Gasteiger partial charge in [-0.3, -0.25) is 9.88 Å². The molecule has 3 rings (SSSR count). The molecule has 0 saturated heterocycles. The standard InChI is InChI=1S/C23H31N3O4/c1-22(2,3)30-21(27)26-17-11-9-8-10-15(17)20(23(26,4)5)25-14-16-19(29-7)18(28-6)12-13-24-16/h8-13,20,25H,14H2,1-7H3. The van der Waals surface area contributed by atoms with Crippen LogP contribution in [0.25, 0.3) is 0 Å². The van der Waals surface area contributed by atoms with Crippen molar-refractivity contribution in [3.63, 3.8) is 0 Å². The Morgan fingerprint density at radius 3 is 2.50 bits per heavy atom. The minimum atomic E-state index is -0.578. The molecule has 2 aromatic rings. The molecule has 1 unspecified atom stereocenters. The van der Waals surface area contributed by atoms with E-state index in [1.807, 2.05) is 58.9 Å². The van der Waals surface area contributed by atoms with E-state index in [1.54, 1.807) is 31.4 Å². The fourth-order valence-corrected chi connectivity index (χ4v) is 3.93. The fraction of sp³-hybridized carbons (Fsp3) is 0.478. The molecule has 1 aliphatic rings. The number of ether oxygens (including phenoxy) is 3. The average Bonchev–Trinajstić information content (AvgIpc) is 2.90. The molecular weight excluding hydrogens is 382 g/mol. The number of para-hydroxylation sites is 1. The molecule has 162 valence electrons. The van der Waals surface area contributed by atoms with Crippen LogP contribution in [0.4, 0.5) is 10.5 Å². The highest BCUT2D eigenvalue weighted by molar-refractivity contribution is 5.93. The first kappa shape index (κ1) is 21.9. The predicted molar refractivity (Wildman–Crippen MR) is 116 cm³/mol. The van der Waals surface area contributed by atoms with Gasteiger partial charge in [0.15, 0.2) is 11.5 Å². The third-order valence-electron chi connectivity index (χ3n) is 5.19. The first-order valence-corrected chi connectivity index (χ1v) is 10.0. The summed E-state index contributed by atoms with van der Waals surface area (Å²) in [5.74, 6) is 1.23. The molecule has 7 nitrogen and oxygen atoms in total. The van der Waals surface area contributed by atoms with E-state index in [0.717, 1.165) is 16.9 Å². The minimum absolute atomic E-state index is 0.126. The summed E-state index contributed by atoms with van der Waals surface area (Å²) in [5.41, 5.74) is 1.49. The zero-order valence-corrected chi connectivity index (χ0v) is 18.8. The summed E-state index contributed by atoms with van der Waals surface area (Å²) in [6, 6.07) is 9.54. The second kappa shape index (κ2) is 8.14. The highest BCUT2D eigenvalue weighted by atomic mass is 16.6. The number of carbonyl (C=O) groups is 1. The van der Waals surface area contributed by atoms with Gasteiger partial charge in [0.1, 0.15) is 5.60 Å². The van der Waals surface area contributed by atoms with Crippen molar-refractivity contribution in [3.8, 4) is 11.5 Å². The van der Waals surface area contributed by atoms with Gasteiger partial charge in [0.25, 0.3) is 0 Å². The maximum absolute atomic E-state index is 13.1. The van der Waals surface area contributed by atoms with E-state index >= 15 is 0 Å². The Labute approximate surface area is 178 Å². The molecule has 0 bridgehead atoms. The van der Waals surface area contributed by atoms with Crippen molar-refractivity contribution in [2.24, 2.45) is 0 Å². The van der Waals surface area contributed by atoms with Crippen LogP contribution >= 0.6 is 0 Å². The third kappa shape index (κ3) is 4.07. The molecule has 2 heterocycles. The van der Waals surface area contributed by atoms with Crippen LogP contribution in [0, 0.1) is 0 Å². The number of pyridine rings is 1. The molecule has 30 heavy (non-hydrogen) atoms. The van der Waals surface area contributed by atoms with Crippen molar-refractivity contribution in [1.82, 2.24) is 10.3 Å². The highest BCUT2D eigenvalue weighted by Crippen LogP contribution is 2.47. The van der Waals surface area contributed by atoms with Gasteiger partial charge in [0.2, 0.25) is 0 Å². The lowest BCUT2D eigenvalue weighted by Crippen LogP contribution is -2.52. The number of rotatable bonds is 5. The lowest BCUT2D eigenvalue weighted by Gasteiger charge is -2.37. The molecule has 0 radical (unpaired) electrons. The van der Waals surface area contributed by atoms with Gasteiger partial charge < -0.3 is 19.5 Å². The maximum atomic E-state index is 13.1. The molecule has 0 aliphatic carbocycles. The van der Waals surface area contributed by atoms with Crippen LogP contribution < -0.4 is 19.7 Å².